The van der Waals surface area contributed by atoms with Crippen molar-refractivity contribution in [1.82, 2.24) is 10.2 Å². The van der Waals surface area contributed by atoms with Gasteiger partial charge in [0.25, 0.3) is 0 Å². The van der Waals surface area contributed by atoms with Gasteiger partial charge < -0.3 is 15.0 Å². The summed E-state index contributed by atoms with van der Waals surface area (Å²) in [5, 5.41) is 3.07. The summed E-state index contributed by atoms with van der Waals surface area (Å²) in [6, 6.07) is 15.5. The quantitative estimate of drug-likeness (QED) is 0.833. The summed E-state index contributed by atoms with van der Waals surface area (Å²) >= 11 is 0. The molecule has 0 bridgehead atoms. The second-order valence-electron chi connectivity index (χ2n) is 7.25. The van der Waals surface area contributed by atoms with Crippen LogP contribution < -0.4 is 10.1 Å². The van der Waals surface area contributed by atoms with Crippen LogP contribution in [0.25, 0.3) is 0 Å². The highest BCUT2D eigenvalue weighted by Gasteiger charge is 2.39. The monoisotopic (exact) mass is 380 g/mol. The van der Waals surface area contributed by atoms with Crippen LogP contribution in [0.2, 0.25) is 0 Å². The topological polar surface area (TPSA) is 58.6 Å². The molecule has 1 aliphatic heterocycles. The highest BCUT2D eigenvalue weighted by atomic mass is 16.5. The van der Waals surface area contributed by atoms with E-state index in [0.717, 1.165) is 16.9 Å². The Morgan fingerprint density at radius 3 is 2.64 bits per heavy atom. The van der Waals surface area contributed by atoms with Crippen molar-refractivity contribution in [2.75, 3.05) is 13.7 Å². The molecule has 5 nitrogen and oxygen atoms in total. The zero-order valence-corrected chi connectivity index (χ0v) is 16.8. The molecule has 1 fully saturated rings. The van der Waals surface area contributed by atoms with Crippen LogP contribution in [-0.2, 0) is 16.1 Å². The van der Waals surface area contributed by atoms with E-state index >= 15 is 0 Å². The lowest BCUT2D eigenvalue weighted by Gasteiger charge is -2.40. The summed E-state index contributed by atoms with van der Waals surface area (Å²) in [6.45, 7) is 5.06. The van der Waals surface area contributed by atoms with Crippen molar-refractivity contribution in [2.24, 2.45) is 5.92 Å². The van der Waals surface area contributed by atoms with E-state index in [1.54, 1.807) is 7.11 Å². The fourth-order valence-electron chi connectivity index (χ4n) is 3.86. The molecule has 1 saturated heterocycles. The van der Waals surface area contributed by atoms with Gasteiger partial charge >= 0.3 is 0 Å². The average molecular weight is 380 g/mol. The first-order valence-electron chi connectivity index (χ1n) is 9.80. The Balaban J connectivity index is 1.82. The highest BCUT2D eigenvalue weighted by molar-refractivity contribution is 5.85. The van der Waals surface area contributed by atoms with E-state index < -0.39 is 0 Å². The molecule has 0 saturated carbocycles. The average Bonchev–Trinajstić information content (AvgIpc) is 2.72. The number of nitrogens with zero attached hydrogens (tertiary/aromatic N) is 1. The van der Waals surface area contributed by atoms with Crippen molar-refractivity contribution < 1.29 is 14.3 Å². The summed E-state index contributed by atoms with van der Waals surface area (Å²) in [6.07, 6.45) is 0.952. The lowest BCUT2D eigenvalue weighted by atomic mass is 9.83. The Labute approximate surface area is 166 Å². The smallest absolute Gasteiger partial charge is 0.225 e. The number of benzene rings is 2. The first-order chi connectivity index (χ1) is 13.5. The Morgan fingerprint density at radius 2 is 1.96 bits per heavy atom. The van der Waals surface area contributed by atoms with Crippen molar-refractivity contribution in [3.05, 3.63) is 65.2 Å². The number of aryl methyl sites for hydroxylation is 1. The molecule has 2 aromatic rings. The van der Waals surface area contributed by atoms with Gasteiger partial charge in [0.05, 0.1) is 19.1 Å². The first-order valence-corrected chi connectivity index (χ1v) is 9.80. The summed E-state index contributed by atoms with van der Waals surface area (Å²) in [5.41, 5.74) is 3.19. The fourth-order valence-corrected chi connectivity index (χ4v) is 3.86. The van der Waals surface area contributed by atoms with Gasteiger partial charge in [0.15, 0.2) is 0 Å². The second kappa shape index (κ2) is 8.91. The van der Waals surface area contributed by atoms with Gasteiger partial charge in [-0.25, -0.2) is 0 Å². The number of ether oxygens (including phenoxy) is 1. The number of nitrogens with one attached hydrogen (secondary N) is 1. The van der Waals surface area contributed by atoms with Crippen molar-refractivity contribution in [2.45, 2.75) is 39.3 Å². The van der Waals surface area contributed by atoms with Gasteiger partial charge in [0.2, 0.25) is 11.8 Å². The summed E-state index contributed by atoms with van der Waals surface area (Å²) in [5.74, 6) is 0.526. The molecule has 0 aromatic heterocycles. The van der Waals surface area contributed by atoms with Crippen LogP contribution in [0.4, 0.5) is 0 Å². The molecule has 1 N–H and O–H groups in total. The number of amides is 2. The zero-order chi connectivity index (χ0) is 20.1. The molecule has 2 aromatic carbocycles. The number of hydrogen-bond acceptors (Lipinski definition) is 3. The number of methoxy groups -OCH3 is 1. The maximum absolute atomic E-state index is 13.1. The molecule has 1 heterocycles. The van der Waals surface area contributed by atoms with Crippen LogP contribution in [0, 0.1) is 12.8 Å². The molecule has 5 heteroatoms. The molecule has 0 radical (unpaired) electrons. The minimum Gasteiger partial charge on any atom is -0.497 e. The standard InChI is InChI=1S/C23H28N2O3/c1-4-25-21(26)13-12-20(22(25)18-6-5-7-19(14-18)28-3)23(27)24-15-17-10-8-16(2)9-11-17/h5-11,14,20,22H,4,12-13,15H2,1-3H3,(H,24,27)/t20-,22+/m1/s1. The third-order valence-electron chi connectivity index (χ3n) is 5.41. The van der Waals surface area contributed by atoms with Crippen LogP contribution in [0.1, 0.15) is 42.5 Å². The predicted octanol–water partition coefficient (Wildman–Crippen LogP) is 3.62. The minimum atomic E-state index is -0.282. The normalized spacial score (nSPS) is 19.4. The number of likely N-dealkylation sites (tertiary alicyclic amines) is 1. The zero-order valence-electron chi connectivity index (χ0n) is 16.8. The van der Waals surface area contributed by atoms with Gasteiger partial charge in [-0.1, -0.05) is 42.0 Å². The summed E-state index contributed by atoms with van der Waals surface area (Å²) < 4.78 is 5.35. The number of piperidine rings is 1. The van der Waals surface area contributed by atoms with Gasteiger partial charge in [-0.15, -0.1) is 0 Å². The van der Waals surface area contributed by atoms with Crippen LogP contribution in [0.15, 0.2) is 48.5 Å². The van der Waals surface area contributed by atoms with Gasteiger partial charge in [0.1, 0.15) is 5.75 Å². The van der Waals surface area contributed by atoms with Gasteiger partial charge in [-0.3, -0.25) is 9.59 Å². The van der Waals surface area contributed by atoms with Crippen LogP contribution in [0.5, 0.6) is 5.75 Å². The number of rotatable bonds is 6. The van der Waals surface area contributed by atoms with Crippen LogP contribution in [-0.4, -0.2) is 30.4 Å². The predicted molar refractivity (Wildman–Crippen MR) is 109 cm³/mol. The molecule has 148 valence electrons. The van der Waals surface area contributed by atoms with Gasteiger partial charge in [0, 0.05) is 19.5 Å². The summed E-state index contributed by atoms with van der Waals surface area (Å²) in [4.78, 5) is 27.4. The third-order valence-corrected chi connectivity index (χ3v) is 5.41. The van der Waals surface area contributed by atoms with E-state index in [4.69, 9.17) is 4.74 Å². The van der Waals surface area contributed by atoms with Crippen molar-refractivity contribution in [1.29, 1.82) is 0 Å². The van der Waals surface area contributed by atoms with Gasteiger partial charge in [-0.2, -0.15) is 0 Å². The van der Waals surface area contributed by atoms with Crippen molar-refractivity contribution in [3.8, 4) is 5.75 Å². The number of carbonyl (C=O) groups is 2. The Bertz CT molecular complexity index is 832. The van der Waals surface area contributed by atoms with E-state index in [0.29, 0.717) is 25.9 Å². The minimum absolute atomic E-state index is 0.0145. The maximum Gasteiger partial charge on any atom is 0.225 e. The van der Waals surface area contributed by atoms with E-state index in [1.807, 2.05) is 67.3 Å². The molecule has 0 aliphatic carbocycles. The summed E-state index contributed by atoms with van der Waals surface area (Å²) in [7, 11) is 1.62. The van der Waals surface area contributed by atoms with Gasteiger partial charge in [-0.05, 0) is 43.5 Å². The Kier molecular flexibility index (Phi) is 6.34. The molecule has 28 heavy (non-hydrogen) atoms. The molecule has 2 atom stereocenters. The van der Waals surface area contributed by atoms with Crippen LogP contribution in [0.3, 0.4) is 0 Å². The van der Waals surface area contributed by atoms with Crippen molar-refractivity contribution in [3.63, 3.8) is 0 Å². The number of carbonyl (C=O) groups excluding carboxylic acids is 2. The lowest BCUT2D eigenvalue weighted by Crippen LogP contribution is -2.47. The molecule has 0 spiro atoms. The Hall–Kier alpha value is -2.82. The van der Waals surface area contributed by atoms with Crippen molar-refractivity contribution >= 4 is 11.8 Å². The molecule has 3 rings (SSSR count). The SMILES string of the molecule is CCN1C(=O)CC[C@@H](C(=O)NCc2ccc(C)cc2)[C@@H]1c1cccc(OC)c1. The van der Waals surface area contributed by atoms with E-state index in [-0.39, 0.29) is 23.8 Å². The maximum atomic E-state index is 13.1. The number of hydrogen-bond donors (Lipinski definition) is 1. The molecular weight excluding hydrogens is 352 g/mol. The van der Waals surface area contributed by atoms with E-state index in [1.165, 1.54) is 5.56 Å². The first kappa shape index (κ1) is 19.9. The third kappa shape index (κ3) is 4.35. The Morgan fingerprint density at radius 1 is 1.21 bits per heavy atom. The molecular formula is C23H28N2O3. The largest absolute Gasteiger partial charge is 0.497 e. The highest BCUT2D eigenvalue weighted by Crippen LogP contribution is 2.37. The molecule has 0 unspecified atom stereocenters. The van der Waals surface area contributed by atoms with E-state index in [9.17, 15) is 9.59 Å². The van der Waals surface area contributed by atoms with E-state index in [2.05, 4.69) is 5.32 Å². The molecule has 1 aliphatic rings. The fraction of sp³-hybridized carbons (Fsp3) is 0.391. The molecule has 2 amide bonds. The van der Waals surface area contributed by atoms with Crippen LogP contribution >= 0.6 is 0 Å². The lowest BCUT2D eigenvalue weighted by molar-refractivity contribution is -0.143. The second-order valence-corrected chi connectivity index (χ2v) is 7.25.